The standard InChI is InChI=1S/C26H26FNO4/c1-16-23(26(30)32-13-12-31-2)24(19-10-6-7-11-20(19)27)25-21(28-16)14-18(15-22(25)29)17-8-4-3-5-9-17/h3-11,18,24,28H,12-15H2,1-2H3/t18-,24-/m1/s1. The van der Waals surface area contributed by atoms with Gasteiger partial charge in [0.15, 0.2) is 5.78 Å². The van der Waals surface area contributed by atoms with E-state index in [4.69, 9.17) is 9.47 Å². The number of rotatable bonds is 6. The van der Waals surface area contributed by atoms with Gasteiger partial charge in [-0.1, -0.05) is 48.5 Å². The number of esters is 1. The molecule has 2 atom stereocenters. The number of dihydropyridines is 1. The first kappa shape index (κ1) is 22.0. The van der Waals surface area contributed by atoms with Crippen LogP contribution in [0.15, 0.2) is 77.1 Å². The van der Waals surface area contributed by atoms with Crippen LogP contribution in [0.3, 0.4) is 0 Å². The lowest BCUT2D eigenvalue weighted by atomic mass is 9.71. The van der Waals surface area contributed by atoms with Gasteiger partial charge in [-0.25, -0.2) is 9.18 Å². The molecule has 0 aromatic heterocycles. The van der Waals surface area contributed by atoms with Gasteiger partial charge in [-0.3, -0.25) is 4.79 Å². The van der Waals surface area contributed by atoms with Crippen LogP contribution >= 0.6 is 0 Å². The zero-order valence-electron chi connectivity index (χ0n) is 18.2. The second kappa shape index (κ2) is 9.49. The lowest BCUT2D eigenvalue weighted by Crippen LogP contribution is -2.36. The number of hydrogen-bond donors (Lipinski definition) is 1. The smallest absolute Gasteiger partial charge is 0.336 e. The number of hydrogen-bond acceptors (Lipinski definition) is 5. The van der Waals surface area contributed by atoms with Crippen molar-refractivity contribution in [1.29, 1.82) is 0 Å². The van der Waals surface area contributed by atoms with Gasteiger partial charge in [-0.05, 0) is 30.9 Å². The van der Waals surface area contributed by atoms with Gasteiger partial charge < -0.3 is 14.8 Å². The normalized spacial score (nSPS) is 20.7. The average molecular weight is 435 g/mol. The lowest BCUT2D eigenvalue weighted by molar-refractivity contribution is -0.140. The molecule has 1 aliphatic carbocycles. The molecule has 0 saturated carbocycles. The van der Waals surface area contributed by atoms with Gasteiger partial charge in [0, 0.05) is 36.1 Å². The summed E-state index contributed by atoms with van der Waals surface area (Å²) in [5.74, 6) is -1.91. The van der Waals surface area contributed by atoms with E-state index in [1.54, 1.807) is 25.1 Å². The maximum Gasteiger partial charge on any atom is 0.336 e. The third-order valence-electron chi connectivity index (χ3n) is 6.06. The molecule has 6 heteroatoms. The highest BCUT2D eigenvalue weighted by Crippen LogP contribution is 2.46. The number of carbonyl (C=O) groups is 2. The van der Waals surface area contributed by atoms with Gasteiger partial charge in [-0.15, -0.1) is 0 Å². The van der Waals surface area contributed by atoms with Crippen molar-refractivity contribution in [3.63, 3.8) is 0 Å². The fourth-order valence-corrected chi connectivity index (χ4v) is 4.59. The minimum absolute atomic E-state index is 0.0271. The first-order chi connectivity index (χ1) is 15.5. The Morgan fingerprint density at radius 3 is 2.50 bits per heavy atom. The number of benzene rings is 2. The minimum Gasteiger partial charge on any atom is -0.460 e. The number of Topliss-reactive ketones (excluding diaryl/α,β-unsaturated/α-hetero) is 1. The molecule has 0 spiro atoms. The van der Waals surface area contributed by atoms with Crippen molar-refractivity contribution in [2.45, 2.75) is 31.6 Å². The molecule has 166 valence electrons. The van der Waals surface area contributed by atoms with Crippen molar-refractivity contribution in [2.24, 2.45) is 0 Å². The molecule has 0 bridgehead atoms. The van der Waals surface area contributed by atoms with Crippen LogP contribution in [0, 0.1) is 5.82 Å². The number of nitrogens with one attached hydrogen (secondary N) is 1. The van der Waals surface area contributed by atoms with Gasteiger partial charge in [0.1, 0.15) is 12.4 Å². The summed E-state index contributed by atoms with van der Waals surface area (Å²) in [4.78, 5) is 26.4. The third kappa shape index (κ3) is 4.23. The molecular weight excluding hydrogens is 409 g/mol. The van der Waals surface area contributed by atoms with Crippen LogP contribution < -0.4 is 5.32 Å². The van der Waals surface area contributed by atoms with Crippen LogP contribution in [-0.2, 0) is 19.1 Å². The predicted molar refractivity (Wildman–Crippen MR) is 118 cm³/mol. The van der Waals surface area contributed by atoms with Crippen LogP contribution in [0.1, 0.15) is 42.7 Å². The van der Waals surface area contributed by atoms with E-state index in [2.05, 4.69) is 5.32 Å². The van der Waals surface area contributed by atoms with E-state index in [0.717, 1.165) is 11.3 Å². The van der Waals surface area contributed by atoms with E-state index in [0.29, 0.717) is 29.7 Å². The van der Waals surface area contributed by atoms with Crippen LogP contribution in [0.2, 0.25) is 0 Å². The molecule has 0 saturated heterocycles. The number of ketones is 1. The van der Waals surface area contributed by atoms with Crippen LogP contribution in [0.5, 0.6) is 0 Å². The minimum atomic E-state index is -0.813. The summed E-state index contributed by atoms with van der Waals surface area (Å²) >= 11 is 0. The van der Waals surface area contributed by atoms with Crippen molar-refractivity contribution < 1.29 is 23.5 Å². The molecule has 0 unspecified atom stereocenters. The average Bonchev–Trinajstić information content (AvgIpc) is 2.79. The maximum atomic E-state index is 14.9. The van der Waals surface area contributed by atoms with Gasteiger partial charge in [-0.2, -0.15) is 0 Å². The van der Waals surface area contributed by atoms with E-state index in [1.807, 2.05) is 30.3 Å². The first-order valence-electron chi connectivity index (χ1n) is 10.7. The van der Waals surface area contributed by atoms with E-state index < -0.39 is 17.7 Å². The molecule has 2 aromatic carbocycles. The Bertz CT molecular complexity index is 1090. The van der Waals surface area contributed by atoms with Crippen LogP contribution in [0.4, 0.5) is 4.39 Å². The molecule has 1 aliphatic heterocycles. The topological polar surface area (TPSA) is 64.6 Å². The van der Waals surface area contributed by atoms with Gasteiger partial charge in [0.05, 0.1) is 18.1 Å². The fourth-order valence-electron chi connectivity index (χ4n) is 4.59. The molecule has 5 nitrogen and oxygen atoms in total. The summed E-state index contributed by atoms with van der Waals surface area (Å²) < 4.78 is 25.3. The van der Waals surface area contributed by atoms with E-state index in [9.17, 15) is 14.0 Å². The molecule has 2 aliphatic rings. The molecule has 32 heavy (non-hydrogen) atoms. The second-order valence-electron chi connectivity index (χ2n) is 8.08. The Hall–Kier alpha value is -3.25. The maximum absolute atomic E-state index is 14.9. The Morgan fingerprint density at radius 2 is 1.78 bits per heavy atom. The van der Waals surface area contributed by atoms with Crippen LogP contribution in [-0.4, -0.2) is 32.1 Å². The first-order valence-corrected chi connectivity index (χ1v) is 10.7. The summed E-state index contributed by atoms with van der Waals surface area (Å²) in [5.41, 5.74) is 3.41. The zero-order chi connectivity index (χ0) is 22.7. The Kier molecular flexibility index (Phi) is 6.51. The molecule has 1 heterocycles. The lowest BCUT2D eigenvalue weighted by Gasteiger charge is -2.36. The summed E-state index contributed by atoms with van der Waals surface area (Å²) in [6, 6.07) is 16.2. The molecular formula is C26H26FNO4. The summed E-state index contributed by atoms with van der Waals surface area (Å²) in [7, 11) is 1.52. The quantitative estimate of drug-likeness (QED) is 0.539. The Morgan fingerprint density at radius 1 is 1.06 bits per heavy atom. The molecule has 2 aromatic rings. The number of halogens is 1. The van der Waals surface area contributed by atoms with E-state index >= 15 is 0 Å². The highest BCUT2D eigenvalue weighted by atomic mass is 19.1. The molecule has 4 rings (SSSR count). The third-order valence-corrected chi connectivity index (χ3v) is 6.06. The Balaban J connectivity index is 1.77. The number of methoxy groups -OCH3 is 1. The highest BCUT2D eigenvalue weighted by molar-refractivity contribution is 6.04. The largest absolute Gasteiger partial charge is 0.460 e. The van der Waals surface area contributed by atoms with Gasteiger partial charge >= 0.3 is 5.97 Å². The van der Waals surface area contributed by atoms with E-state index in [1.165, 1.54) is 13.2 Å². The Labute approximate surface area is 186 Å². The molecule has 1 N–H and O–H groups in total. The van der Waals surface area contributed by atoms with Crippen molar-refractivity contribution in [2.75, 3.05) is 20.3 Å². The van der Waals surface area contributed by atoms with Crippen molar-refractivity contribution >= 4 is 11.8 Å². The van der Waals surface area contributed by atoms with Gasteiger partial charge in [0.2, 0.25) is 0 Å². The molecule has 0 fully saturated rings. The SMILES string of the molecule is COCCOC(=O)C1=C(C)NC2=C(C(=O)C[C@H](c3ccccc3)C2)[C@@H]1c1ccccc1F. The van der Waals surface area contributed by atoms with Crippen LogP contribution in [0.25, 0.3) is 0 Å². The molecule has 0 amide bonds. The number of allylic oxidation sites excluding steroid dienone is 3. The summed E-state index contributed by atoms with van der Waals surface area (Å²) in [5, 5.41) is 3.27. The zero-order valence-corrected chi connectivity index (χ0v) is 18.2. The molecule has 0 radical (unpaired) electrons. The van der Waals surface area contributed by atoms with Crippen molar-refractivity contribution in [3.8, 4) is 0 Å². The fraction of sp³-hybridized carbons (Fsp3) is 0.308. The summed E-state index contributed by atoms with van der Waals surface area (Å²) in [6.45, 7) is 2.09. The monoisotopic (exact) mass is 435 g/mol. The van der Waals surface area contributed by atoms with Gasteiger partial charge in [0.25, 0.3) is 0 Å². The summed E-state index contributed by atoms with van der Waals surface area (Å²) in [6.07, 6.45) is 0.917. The van der Waals surface area contributed by atoms with E-state index in [-0.39, 0.29) is 30.5 Å². The number of ether oxygens (including phenoxy) is 2. The second-order valence-corrected chi connectivity index (χ2v) is 8.08. The predicted octanol–water partition coefficient (Wildman–Crippen LogP) is 4.38. The van der Waals surface area contributed by atoms with Crippen molar-refractivity contribution in [3.05, 3.63) is 94.1 Å². The number of carbonyl (C=O) groups excluding carboxylic acids is 2. The highest BCUT2D eigenvalue weighted by Gasteiger charge is 2.42. The van der Waals surface area contributed by atoms with Crippen molar-refractivity contribution in [1.82, 2.24) is 5.32 Å².